The SMILES string of the molecule is [CH2]CC1C[CH]C(CCC#N)C1CC#N. The maximum absolute atomic E-state index is 8.73. The zero-order chi connectivity index (χ0) is 10.4. The minimum atomic E-state index is 0.450. The Kier molecular flexibility index (Phi) is 4.47. The van der Waals surface area contributed by atoms with Gasteiger partial charge in [0, 0.05) is 12.8 Å². The fourth-order valence-corrected chi connectivity index (χ4v) is 2.37. The molecule has 3 unspecified atom stereocenters. The Morgan fingerprint density at radius 3 is 2.71 bits per heavy atom. The summed E-state index contributed by atoms with van der Waals surface area (Å²) in [5, 5.41) is 17.3. The molecule has 0 bridgehead atoms. The number of rotatable bonds is 4. The maximum Gasteiger partial charge on any atom is 0.0624 e. The lowest BCUT2D eigenvalue weighted by Gasteiger charge is -2.20. The van der Waals surface area contributed by atoms with E-state index in [1.807, 2.05) is 0 Å². The van der Waals surface area contributed by atoms with E-state index in [0.29, 0.717) is 30.6 Å². The Balaban J connectivity index is 2.51. The fraction of sp³-hybridized carbons (Fsp3) is 0.667. The van der Waals surface area contributed by atoms with Crippen LogP contribution >= 0.6 is 0 Å². The largest absolute Gasteiger partial charge is 0.198 e. The van der Waals surface area contributed by atoms with Crippen LogP contribution in [0.3, 0.4) is 0 Å². The molecule has 2 radical (unpaired) electrons. The Labute approximate surface area is 86.5 Å². The highest BCUT2D eigenvalue weighted by Gasteiger charge is 2.34. The molecular weight excluding hydrogens is 172 g/mol. The first-order valence-electron chi connectivity index (χ1n) is 5.20. The molecule has 0 N–H and O–H groups in total. The molecule has 0 saturated heterocycles. The van der Waals surface area contributed by atoms with Gasteiger partial charge in [0.2, 0.25) is 0 Å². The van der Waals surface area contributed by atoms with Crippen molar-refractivity contribution >= 4 is 0 Å². The Bertz CT molecular complexity index is 246. The molecule has 0 spiro atoms. The van der Waals surface area contributed by atoms with Crippen molar-refractivity contribution in [2.75, 3.05) is 0 Å². The number of nitriles is 2. The van der Waals surface area contributed by atoms with Crippen LogP contribution < -0.4 is 0 Å². The second-order valence-electron chi connectivity index (χ2n) is 3.91. The highest BCUT2D eigenvalue weighted by atomic mass is 14.4. The molecule has 3 atom stereocenters. The number of nitrogens with zero attached hydrogens (tertiary/aromatic N) is 2. The fourth-order valence-electron chi connectivity index (χ4n) is 2.37. The van der Waals surface area contributed by atoms with Crippen molar-refractivity contribution in [2.45, 2.75) is 32.1 Å². The van der Waals surface area contributed by atoms with Crippen molar-refractivity contribution in [1.82, 2.24) is 0 Å². The molecule has 1 saturated carbocycles. The first-order chi connectivity index (χ1) is 6.83. The molecule has 0 amide bonds. The third-order valence-electron chi connectivity index (χ3n) is 3.18. The summed E-state index contributed by atoms with van der Waals surface area (Å²) in [4.78, 5) is 0. The van der Waals surface area contributed by atoms with Crippen molar-refractivity contribution in [3.05, 3.63) is 13.3 Å². The van der Waals surface area contributed by atoms with E-state index in [0.717, 1.165) is 19.3 Å². The lowest BCUT2D eigenvalue weighted by molar-refractivity contribution is 0.315. The van der Waals surface area contributed by atoms with Gasteiger partial charge in [-0.15, -0.1) is 0 Å². The minimum Gasteiger partial charge on any atom is -0.198 e. The molecular formula is C12H16N2. The molecule has 0 aromatic carbocycles. The van der Waals surface area contributed by atoms with E-state index < -0.39 is 0 Å². The second-order valence-corrected chi connectivity index (χ2v) is 3.91. The van der Waals surface area contributed by atoms with E-state index in [4.69, 9.17) is 10.5 Å². The maximum atomic E-state index is 8.73. The van der Waals surface area contributed by atoms with Crippen molar-refractivity contribution in [1.29, 1.82) is 10.5 Å². The molecule has 1 fully saturated rings. The quantitative estimate of drug-likeness (QED) is 0.681. The minimum absolute atomic E-state index is 0.450. The Morgan fingerprint density at radius 1 is 1.36 bits per heavy atom. The van der Waals surface area contributed by atoms with Gasteiger partial charge < -0.3 is 0 Å². The van der Waals surface area contributed by atoms with Gasteiger partial charge in [0.1, 0.15) is 0 Å². The summed E-state index contributed by atoms with van der Waals surface area (Å²) < 4.78 is 0. The first kappa shape index (κ1) is 11.1. The Hall–Kier alpha value is -1.02. The summed E-state index contributed by atoms with van der Waals surface area (Å²) in [6.07, 6.45) is 6.41. The third-order valence-corrected chi connectivity index (χ3v) is 3.18. The zero-order valence-electron chi connectivity index (χ0n) is 8.45. The standard InChI is InChI=1S/C12H16N2/c1-2-10-5-6-11(4-3-8-13)12(10)7-9-14/h6,10-12H,1-5,7H2. The van der Waals surface area contributed by atoms with Crippen LogP contribution in [0.25, 0.3) is 0 Å². The average molecular weight is 188 g/mol. The van der Waals surface area contributed by atoms with Crippen molar-refractivity contribution in [2.24, 2.45) is 17.8 Å². The van der Waals surface area contributed by atoms with Crippen molar-refractivity contribution in [3.63, 3.8) is 0 Å². The Morgan fingerprint density at radius 2 is 2.14 bits per heavy atom. The molecule has 0 heterocycles. The van der Waals surface area contributed by atoms with Crippen LogP contribution in [0.1, 0.15) is 32.1 Å². The predicted octanol–water partition coefficient (Wildman–Crippen LogP) is 2.88. The van der Waals surface area contributed by atoms with Crippen LogP contribution in [0.5, 0.6) is 0 Å². The molecule has 1 aliphatic rings. The van der Waals surface area contributed by atoms with Gasteiger partial charge in [-0.2, -0.15) is 10.5 Å². The molecule has 1 rings (SSSR count). The number of hydrogen-bond acceptors (Lipinski definition) is 2. The molecule has 0 aromatic rings. The van der Waals surface area contributed by atoms with Crippen LogP contribution in [0.15, 0.2) is 0 Å². The highest BCUT2D eigenvalue weighted by molar-refractivity contribution is 4.99. The van der Waals surface area contributed by atoms with E-state index >= 15 is 0 Å². The van der Waals surface area contributed by atoms with Crippen LogP contribution in [0, 0.1) is 53.8 Å². The molecule has 2 heteroatoms. The third kappa shape index (κ3) is 2.48. The van der Waals surface area contributed by atoms with Gasteiger partial charge in [0.25, 0.3) is 0 Å². The van der Waals surface area contributed by atoms with Gasteiger partial charge in [-0.3, -0.25) is 0 Å². The van der Waals surface area contributed by atoms with Crippen LogP contribution in [0.4, 0.5) is 0 Å². The second kappa shape index (κ2) is 5.66. The normalized spacial score (nSPS) is 30.9. The summed E-state index contributed by atoms with van der Waals surface area (Å²) in [6.45, 7) is 3.92. The molecule has 74 valence electrons. The molecule has 0 aliphatic heterocycles. The molecule has 14 heavy (non-hydrogen) atoms. The van der Waals surface area contributed by atoms with Gasteiger partial charge in [-0.1, -0.05) is 13.3 Å². The molecule has 2 nitrogen and oxygen atoms in total. The molecule has 0 aromatic heterocycles. The first-order valence-corrected chi connectivity index (χ1v) is 5.20. The summed E-state index contributed by atoms with van der Waals surface area (Å²) >= 11 is 0. The van der Waals surface area contributed by atoms with E-state index in [9.17, 15) is 0 Å². The highest BCUT2D eigenvalue weighted by Crippen LogP contribution is 2.42. The van der Waals surface area contributed by atoms with Crippen LogP contribution in [-0.4, -0.2) is 0 Å². The topological polar surface area (TPSA) is 47.6 Å². The van der Waals surface area contributed by atoms with Gasteiger partial charge >= 0.3 is 0 Å². The number of hydrogen-bond donors (Lipinski definition) is 0. The summed E-state index contributed by atoms with van der Waals surface area (Å²) in [7, 11) is 0. The summed E-state index contributed by atoms with van der Waals surface area (Å²) in [5.74, 6) is 1.49. The van der Waals surface area contributed by atoms with E-state index in [2.05, 4.69) is 25.5 Å². The molecule has 1 aliphatic carbocycles. The zero-order valence-corrected chi connectivity index (χ0v) is 8.45. The average Bonchev–Trinajstić information content (AvgIpc) is 2.58. The van der Waals surface area contributed by atoms with Crippen LogP contribution in [0.2, 0.25) is 0 Å². The van der Waals surface area contributed by atoms with Gasteiger partial charge in [-0.25, -0.2) is 0 Å². The smallest absolute Gasteiger partial charge is 0.0624 e. The predicted molar refractivity (Wildman–Crippen MR) is 54.4 cm³/mol. The van der Waals surface area contributed by atoms with E-state index in [1.165, 1.54) is 0 Å². The van der Waals surface area contributed by atoms with Crippen LogP contribution in [-0.2, 0) is 0 Å². The monoisotopic (exact) mass is 188 g/mol. The van der Waals surface area contributed by atoms with Crippen molar-refractivity contribution in [3.8, 4) is 12.1 Å². The van der Waals surface area contributed by atoms with Gasteiger partial charge in [-0.05, 0) is 37.0 Å². The van der Waals surface area contributed by atoms with Gasteiger partial charge in [0.05, 0.1) is 12.1 Å². The van der Waals surface area contributed by atoms with Gasteiger partial charge in [0.15, 0.2) is 0 Å². The van der Waals surface area contributed by atoms with Crippen molar-refractivity contribution < 1.29 is 0 Å². The lowest BCUT2D eigenvalue weighted by Crippen LogP contribution is -2.14. The van der Waals surface area contributed by atoms with E-state index in [-0.39, 0.29) is 0 Å². The lowest BCUT2D eigenvalue weighted by atomic mass is 9.83. The summed E-state index contributed by atoms with van der Waals surface area (Å²) in [5.41, 5.74) is 0. The van der Waals surface area contributed by atoms with E-state index in [1.54, 1.807) is 0 Å². The summed E-state index contributed by atoms with van der Waals surface area (Å²) in [6, 6.07) is 4.42.